The fraction of sp³-hybridized carbons (Fsp3) is 0.820. The highest BCUT2D eigenvalue weighted by atomic mass is 16.6. The van der Waals surface area contributed by atoms with Crippen molar-refractivity contribution in [3.63, 3.8) is 0 Å². The van der Waals surface area contributed by atoms with Gasteiger partial charge in [0.25, 0.3) is 0 Å². The van der Waals surface area contributed by atoms with E-state index in [0.717, 1.165) is 89.9 Å². The van der Waals surface area contributed by atoms with Gasteiger partial charge in [0.2, 0.25) is 0 Å². The summed E-state index contributed by atoms with van der Waals surface area (Å²) in [5.41, 5.74) is 0. The molecule has 0 bridgehead atoms. The molecule has 0 aliphatic carbocycles. The van der Waals surface area contributed by atoms with E-state index in [2.05, 4.69) is 57.2 Å². The number of carbonyl (C=O) groups excluding carboxylic acids is 3. The lowest BCUT2D eigenvalue weighted by Crippen LogP contribution is -2.30. The molecule has 0 fully saturated rings. The van der Waals surface area contributed by atoms with E-state index in [1.54, 1.807) is 0 Å². The van der Waals surface area contributed by atoms with Crippen molar-refractivity contribution in [2.75, 3.05) is 13.2 Å². The maximum Gasteiger partial charge on any atom is 0.306 e. The van der Waals surface area contributed by atoms with Crippen LogP contribution in [0.25, 0.3) is 0 Å². The molecule has 326 valence electrons. The SMILES string of the molecule is CCCCC/C=C\C/C=C\CCCCCCCC(=O)OC[C@@H](COC(=O)CCCCCCCCCCCC)OC(=O)CCCCCCC/C=C\CCCCCC. The minimum absolute atomic E-state index is 0.0779. The third-order valence-electron chi connectivity index (χ3n) is 10.4. The Morgan fingerprint density at radius 1 is 0.357 bits per heavy atom. The maximum absolute atomic E-state index is 12.7. The lowest BCUT2D eigenvalue weighted by atomic mass is 10.1. The molecule has 6 heteroatoms. The van der Waals surface area contributed by atoms with Gasteiger partial charge >= 0.3 is 17.9 Å². The molecule has 0 saturated carbocycles. The van der Waals surface area contributed by atoms with Gasteiger partial charge in [-0.1, -0.05) is 186 Å². The summed E-state index contributed by atoms with van der Waals surface area (Å²) in [5.74, 6) is -0.898. The second-order valence-corrected chi connectivity index (χ2v) is 16.0. The zero-order valence-electron chi connectivity index (χ0n) is 37.2. The number of esters is 3. The van der Waals surface area contributed by atoms with E-state index in [0.29, 0.717) is 19.3 Å². The fourth-order valence-electron chi connectivity index (χ4n) is 6.70. The summed E-state index contributed by atoms with van der Waals surface area (Å²) in [7, 11) is 0. The number of hydrogen-bond donors (Lipinski definition) is 0. The molecule has 0 rings (SSSR count). The van der Waals surface area contributed by atoms with Gasteiger partial charge in [-0.15, -0.1) is 0 Å². The lowest BCUT2D eigenvalue weighted by Gasteiger charge is -2.18. The molecule has 0 aromatic rings. The average Bonchev–Trinajstić information content (AvgIpc) is 3.19. The lowest BCUT2D eigenvalue weighted by molar-refractivity contribution is -0.167. The first kappa shape index (κ1) is 53.6. The average molecular weight is 787 g/mol. The van der Waals surface area contributed by atoms with Crippen molar-refractivity contribution in [2.24, 2.45) is 0 Å². The van der Waals surface area contributed by atoms with Crippen LogP contribution in [0.3, 0.4) is 0 Å². The standard InChI is InChI=1S/C50H90O6/c1-4-7-10-13-16-19-22-24-25-27-28-31-34-37-40-43-49(52)55-46-47(45-54-48(51)42-39-36-33-30-21-18-15-12-9-6-3)56-50(53)44-41-38-35-32-29-26-23-20-17-14-11-8-5-2/h16,19-20,23-25,47H,4-15,17-18,21-22,26-46H2,1-3H3/b19-16-,23-20-,25-24-/t47-/m1/s1. The van der Waals surface area contributed by atoms with Crippen LogP contribution in [-0.2, 0) is 28.6 Å². The summed E-state index contributed by atoms with van der Waals surface area (Å²) >= 11 is 0. The van der Waals surface area contributed by atoms with E-state index in [1.807, 2.05) is 0 Å². The predicted molar refractivity (Wildman–Crippen MR) is 238 cm³/mol. The van der Waals surface area contributed by atoms with Crippen molar-refractivity contribution in [1.29, 1.82) is 0 Å². The Hall–Kier alpha value is -2.37. The van der Waals surface area contributed by atoms with Gasteiger partial charge < -0.3 is 14.2 Å². The molecule has 56 heavy (non-hydrogen) atoms. The van der Waals surface area contributed by atoms with Crippen molar-refractivity contribution in [3.05, 3.63) is 36.5 Å². The van der Waals surface area contributed by atoms with Gasteiger partial charge in [-0.2, -0.15) is 0 Å². The molecule has 1 atom stereocenters. The minimum Gasteiger partial charge on any atom is -0.462 e. The highest BCUT2D eigenvalue weighted by Crippen LogP contribution is 2.14. The van der Waals surface area contributed by atoms with Gasteiger partial charge in [-0.05, 0) is 77.0 Å². The van der Waals surface area contributed by atoms with E-state index in [-0.39, 0.29) is 31.1 Å². The van der Waals surface area contributed by atoms with E-state index in [9.17, 15) is 14.4 Å². The normalized spacial score (nSPS) is 12.3. The zero-order valence-corrected chi connectivity index (χ0v) is 37.2. The molecule has 0 saturated heterocycles. The summed E-state index contributed by atoms with van der Waals surface area (Å²) in [4.78, 5) is 37.8. The Morgan fingerprint density at radius 3 is 1.05 bits per heavy atom. The smallest absolute Gasteiger partial charge is 0.306 e. The van der Waals surface area contributed by atoms with Gasteiger partial charge in [0.05, 0.1) is 0 Å². The van der Waals surface area contributed by atoms with Crippen molar-refractivity contribution >= 4 is 17.9 Å². The summed E-state index contributed by atoms with van der Waals surface area (Å²) in [6.45, 7) is 6.57. The second kappa shape index (κ2) is 45.3. The summed E-state index contributed by atoms with van der Waals surface area (Å²) in [6.07, 6.45) is 51.2. The molecular formula is C50H90O6. The third kappa shape index (κ3) is 42.8. The van der Waals surface area contributed by atoms with Gasteiger partial charge in [-0.3, -0.25) is 14.4 Å². The van der Waals surface area contributed by atoms with Crippen LogP contribution in [-0.4, -0.2) is 37.2 Å². The highest BCUT2D eigenvalue weighted by Gasteiger charge is 2.19. The number of ether oxygens (including phenoxy) is 3. The van der Waals surface area contributed by atoms with Crippen LogP contribution in [0, 0.1) is 0 Å². The van der Waals surface area contributed by atoms with Crippen molar-refractivity contribution in [1.82, 2.24) is 0 Å². The van der Waals surface area contributed by atoms with Crippen LogP contribution in [0.15, 0.2) is 36.5 Å². The van der Waals surface area contributed by atoms with Crippen molar-refractivity contribution in [3.8, 4) is 0 Å². The Bertz CT molecular complexity index is 953. The fourth-order valence-corrected chi connectivity index (χ4v) is 6.70. The molecule has 0 heterocycles. The molecule has 0 aliphatic rings. The molecule has 0 aromatic heterocycles. The van der Waals surface area contributed by atoms with Gasteiger partial charge in [-0.25, -0.2) is 0 Å². The van der Waals surface area contributed by atoms with Crippen LogP contribution >= 0.6 is 0 Å². The predicted octanol–water partition coefficient (Wildman–Crippen LogP) is 15.4. The van der Waals surface area contributed by atoms with Crippen LogP contribution in [0.5, 0.6) is 0 Å². The quantitative estimate of drug-likeness (QED) is 0.0265. The summed E-state index contributed by atoms with van der Waals surface area (Å²) < 4.78 is 16.7. The van der Waals surface area contributed by atoms with Gasteiger partial charge in [0.1, 0.15) is 13.2 Å². The first-order chi connectivity index (χ1) is 27.5. The molecule has 0 N–H and O–H groups in total. The zero-order chi connectivity index (χ0) is 40.8. The molecule has 0 unspecified atom stereocenters. The van der Waals surface area contributed by atoms with Crippen LogP contribution in [0.4, 0.5) is 0 Å². The highest BCUT2D eigenvalue weighted by molar-refractivity contribution is 5.71. The Kier molecular flexibility index (Phi) is 43.4. The van der Waals surface area contributed by atoms with Gasteiger partial charge in [0, 0.05) is 19.3 Å². The number of rotatable bonds is 43. The molecule has 0 spiro atoms. The molecule has 0 aromatic carbocycles. The number of unbranched alkanes of at least 4 members (excludes halogenated alkanes) is 26. The van der Waals surface area contributed by atoms with Gasteiger partial charge in [0.15, 0.2) is 6.10 Å². The number of hydrogen-bond acceptors (Lipinski definition) is 6. The molecular weight excluding hydrogens is 697 g/mol. The second-order valence-electron chi connectivity index (χ2n) is 16.0. The molecule has 0 aliphatic heterocycles. The van der Waals surface area contributed by atoms with Crippen LogP contribution in [0.2, 0.25) is 0 Å². The monoisotopic (exact) mass is 787 g/mol. The molecule has 6 nitrogen and oxygen atoms in total. The molecule has 0 radical (unpaired) electrons. The third-order valence-corrected chi connectivity index (χ3v) is 10.4. The summed E-state index contributed by atoms with van der Waals surface area (Å²) in [6, 6.07) is 0. The van der Waals surface area contributed by atoms with E-state index in [4.69, 9.17) is 14.2 Å². The largest absolute Gasteiger partial charge is 0.462 e. The Labute approximate surface area is 346 Å². The number of carbonyl (C=O) groups is 3. The Balaban J connectivity index is 4.38. The van der Waals surface area contributed by atoms with Crippen molar-refractivity contribution in [2.45, 2.75) is 252 Å². The minimum atomic E-state index is -0.776. The van der Waals surface area contributed by atoms with E-state index < -0.39 is 6.10 Å². The summed E-state index contributed by atoms with van der Waals surface area (Å²) in [5, 5.41) is 0. The van der Waals surface area contributed by atoms with Crippen molar-refractivity contribution < 1.29 is 28.6 Å². The topological polar surface area (TPSA) is 78.9 Å². The van der Waals surface area contributed by atoms with Crippen LogP contribution < -0.4 is 0 Å². The van der Waals surface area contributed by atoms with E-state index >= 15 is 0 Å². The first-order valence-electron chi connectivity index (χ1n) is 24.0. The number of allylic oxidation sites excluding steroid dienone is 6. The first-order valence-corrected chi connectivity index (χ1v) is 24.0. The molecule has 0 amide bonds. The Morgan fingerprint density at radius 2 is 0.643 bits per heavy atom. The van der Waals surface area contributed by atoms with E-state index in [1.165, 1.54) is 116 Å². The van der Waals surface area contributed by atoms with Crippen LogP contribution in [0.1, 0.15) is 245 Å². The maximum atomic E-state index is 12.7.